The molecule has 0 aliphatic heterocycles. The molecule has 33 heavy (non-hydrogen) atoms. The van der Waals surface area contributed by atoms with E-state index in [9.17, 15) is 19.5 Å². The maximum atomic E-state index is 13.2. The van der Waals surface area contributed by atoms with Crippen molar-refractivity contribution in [1.82, 2.24) is 14.3 Å². The quantitative estimate of drug-likeness (QED) is 0.477. The van der Waals surface area contributed by atoms with Crippen molar-refractivity contribution in [3.8, 4) is 5.75 Å². The van der Waals surface area contributed by atoms with E-state index in [4.69, 9.17) is 0 Å². The van der Waals surface area contributed by atoms with Gasteiger partial charge in [-0.1, -0.05) is 43.3 Å². The van der Waals surface area contributed by atoms with Gasteiger partial charge in [-0.15, -0.1) is 0 Å². The number of hydrogen-bond acceptors (Lipinski definition) is 6. The van der Waals surface area contributed by atoms with Crippen LogP contribution >= 0.6 is 0 Å². The van der Waals surface area contributed by atoms with E-state index < -0.39 is 11.1 Å². The van der Waals surface area contributed by atoms with Crippen LogP contribution in [0.4, 0.5) is 17.1 Å². The molecule has 3 N–H and O–H groups in total. The minimum absolute atomic E-state index is 0.0141. The van der Waals surface area contributed by atoms with Crippen molar-refractivity contribution in [2.45, 2.75) is 19.4 Å². The largest absolute Gasteiger partial charge is 0.505 e. The highest BCUT2D eigenvalue weighted by Gasteiger charge is 2.22. The molecule has 2 aromatic carbocycles. The van der Waals surface area contributed by atoms with Crippen LogP contribution in [0.2, 0.25) is 0 Å². The Labute approximate surface area is 191 Å². The summed E-state index contributed by atoms with van der Waals surface area (Å²) in [7, 11) is 6.15. The maximum absolute atomic E-state index is 13.2. The average Bonchev–Trinajstić information content (AvgIpc) is 2.82. The van der Waals surface area contributed by atoms with Crippen LogP contribution in [0.3, 0.4) is 0 Å². The highest BCUT2D eigenvalue weighted by atomic mass is 16.3. The van der Waals surface area contributed by atoms with Gasteiger partial charge in [-0.05, 0) is 24.1 Å². The summed E-state index contributed by atoms with van der Waals surface area (Å²) in [5, 5.41) is 16.9. The number of benzene rings is 2. The van der Waals surface area contributed by atoms with E-state index in [1.54, 1.807) is 20.2 Å². The molecule has 1 amide bonds. The normalized spacial score (nSPS) is 11.7. The number of carbonyl (C=O) groups excluding carboxylic acids is 1. The van der Waals surface area contributed by atoms with Crippen LogP contribution in [0.25, 0.3) is 0 Å². The van der Waals surface area contributed by atoms with Gasteiger partial charge in [0.15, 0.2) is 5.75 Å². The van der Waals surface area contributed by atoms with Crippen LogP contribution in [0.15, 0.2) is 58.1 Å². The number of hydrogen-bond donors (Lipinski definition) is 3. The van der Waals surface area contributed by atoms with E-state index in [0.717, 1.165) is 5.56 Å². The molecule has 0 saturated carbocycles. The zero-order valence-electron chi connectivity index (χ0n) is 19.4. The van der Waals surface area contributed by atoms with Crippen molar-refractivity contribution in [3.63, 3.8) is 0 Å². The number of nitrogens with one attached hydrogen (secondary N) is 2. The first-order valence-corrected chi connectivity index (χ1v) is 10.6. The predicted molar refractivity (Wildman–Crippen MR) is 129 cm³/mol. The molecule has 0 unspecified atom stereocenters. The molecule has 9 heteroatoms. The summed E-state index contributed by atoms with van der Waals surface area (Å²) in [4.78, 5) is 40.1. The number of phenols is 1. The summed E-state index contributed by atoms with van der Waals surface area (Å²) in [5.41, 5.74) is 0.384. The van der Waals surface area contributed by atoms with Crippen molar-refractivity contribution in [3.05, 3.63) is 80.4 Å². The lowest BCUT2D eigenvalue weighted by atomic mass is 10.0. The van der Waals surface area contributed by atoms with E-state index in [1.165, 1.54) is 40.5 Å². The number of para-hydroxylation sites is 1. The maximum Gasteiger partial charge on any atom is 0.290 e. The number of rotatable bonds is 7. The summed E-state index contributed by atoms with van der Waals surface area (Å²) in [5.74, 6) is -0.693. The van der Waals surface area contributed by atoms with Crippen LogP contribution in [-0.4, -0.2) is 39.4 Å². The molecule has 9 nitrogen and oxygen atoms in total. The molecule has 1 aromatic heterocycles. The fourth-order valence-corrected chi connectivity index (χ4v) is 3.53. The van der Waals surface area contributed by atoms with E-state index in [0.29, 0.717) is 6.42 Å². The SMILES string of the molecule is CC[C@@H](Nc1c(Nc2cccc(C(=O)N(C)C)c2O)c(=O)n(C)n(C)c1=O)c1ccccc1. The van der Waals surface area contributed by atoms with Gasteiger partial charge in [0.1, 0.15) is 11.4 Å². The van der Waals surface area contributed by atoms with Crippen LogP contribution in [0, 0.1) is 0 Å². The second-order valence-corrected chi connectivity index (χ2v) is 7.95. The minimum atomic E-state index is -0.466. The van der Waals surface area contributed by atoms with Crippen molar-refractivity contribution >= 4 is 23.0 Å². The van der Waals surface area contributed by atoms with E-state index in [-0.39, 0.29) is 40.3 Å². The molecule has 1 atom stereocenters. The Hall–Kier alpha value is -4.01. The third-order valence-electron chi connectivity index (χ3n) is 5.58. The monoisotopic (exact) mass is 451 g/mol. The zero-order valence-corrected chi connectivity index (χ0v) is 19.4. The van der Waals surface area contributed by atoms with Gasteiger partial charge in [0.2, 0.25) is 0 Å². The molecule has 0 aliphatic rings. The summed E-state index contributed by atoms with van der Waals surface area (Å²) in [6.07, 6.45) is 0.667. The van der Waals surface area contributed by atoms with Gasteiger partial charge in [-0.3, -0.25) is 14.4 Å². The van der Waals surface area contributed by atoms with E-state index in [2.05, 4.69) is 10.6 Å². The van der Waals surface area contributed by atoms with Crippen molar-refractivity contribution < 1.29 is 9.90 Å². The Morgan fingerprint density at radius 2 is 1.58 bits per heavy atom. The number of phenolic OH excluding ortho intramolecular Hbond substituents is 1. The molecule has 0 spiro atoms. The molecule has 3 rings (SSSR count). The average molecular weight is 452 g/mol. The predicted octanol–water partition coefficient (Wildman–Crippen LogP) is 2.80. The van der Waals surface area contributed by atoms with Crippen LogP contribution < -0.4 is 21.8 Å². The van der Waals surface area contributed by atoms with E-state index >= 15 is 0 Å². The van der Waals surface area contributed by atoms with Gasteiger partial charge in [-0.25, -0.2) is 9.36 Å². The Kier molecular flexibility index (Phi) is 6.91. The molecule has 0 aliphatic carbocycles. The number of carbonyl (C=O) groups is 1. The number of nitrogens with zero attached hydrogens (tertiary/aromatic N) is 3. The Morgan fingerprint density at radius 1 is 0.970 bits per heavy atom. The molecule has 3 aromatic rings. The van der Waals surface area contributed by atoms with Gasteiger partial charge in [-0.2, -0.15) is 0 Å². The molecule has 1 heterocycles. The second kappa shape index (κ2) is 9.64. The van der Waals surface area contributed by atoms with Gasteiger partial charge in [0.25, 0.3) is 17.0 Å². The van der Waals surface area contributed by atoms with Crippen LogP contribution in [0.1, 0.15) is 35.3 Å². The Balaban J connectivity index is 2.13. The Morgan fingerprint density at radius 3 is 2.15 bits per heavy atom. The smallest absolute Gasteiger partial charge is 0.290 e. The van der Waals surface area contributed by atoms with E-state index in [1.807, 2.05) is 37.3 Å². The first-order chi connectivity index (χ1) is 15.7. The lowest BCUT2D eigenvalue weighted by molar-refractivity contribution is 0.0824. The highest BCUT2D eigenvalue weighted by molar-refractivity contribution is 5.98. The summed E-state index contributed by atoms with van der Waals surface area (Å²) < 4.78 is 2.41. The lowest BCUT2D eigenvalue weighted by Gasteiger charge is -2.22. The third-order valence-corrected chi connectivity index (χ3v) is 5.58. The number of aromatic nitrogens is 2. The second-order valence-electron chi connectivity index (χ2n) is 7.95. The minimum Gasteiger partial charge on any atom is -0.505 e. The zero-order chi connectivity index (χ0) is 24.3. The molecular weight excluding hydrogens is 422 g/mol. The van der Waals surface area contributed by atoms with Crippen molar-refractivity contribution in [2.24, 2.45) is 14.1 Å². The van der Waals surface area contributed by atoms with Gasteiger partial charge in [0.05, 0.1) is 17.3 Å². The topological polar surface area (TPSA) is 109 Å². The number of aromatic hydroxyl groups is 1. The summed E-state index contributed by atoms with van der Waals surface area (Å²) in [6, 6.07) is 14.0. The standard InChI is InChI=1S/C24H29N5O4/c1-6-17(15-11-8-7-9-12-15)25-19-20(24(33)29(5)28(4)23(19)32)26-18-14-10-13-16(21(18)30)22(31)27(2)3/h7-14,17,25-26,30H,6H2,1-5H3/t17-/m1/s1. The molecule has 0 saturated heterocycles. The first kappa shape index (κ1) is 23.6. The fraction of sp³-hybridized carbons (Fsp3) is 0.292. The van der Waals surface area contributed by atoms with Crippen LogP contribution in [-0.2, 0) is 14.1 Å². The molecule has 174 valence electrons. The molecule has 0 bridgehead atoms. The summed E-state index contributed by atoms with van der Waals surface area (Å²) in [6.45, 7) is 1.98. The fourth-order valence-electron chi connectivity index (χ4n) is 3.53. The van der Waals surface area contributed by atoms with Gasteiger partial charge < -0.3 is 20.6 Å². The van der Waals surface area contributed by atoms with Crippen molar-refractivity contribution in [1.29, 1.82) is 0 Å². The number of amides is 1. The van der Waals surface area contributed by atoms with Crippen molar-refractivity contribution in [2.75, 3.05) is 24.7 Å². The highest BCUT2D eigenvalue weighted by Crippen LogP contribution is 2.32. The summed E-state index contributed by atoms with van der Waals surface area (Å²) >= 11 is 0. The van der Waals surface area contributed by atoms with Gasteiger partial charge in [0, 0.05) is 28.2 Å². The van der Waals surface area contributed by atoms with Crippen LogP contribution in [0.5, 0.6) is 5.75 Å². The number of anilines is 3. The molecule has 0 fully saturated rings. The molecule has 0 radical (unpaired) electrons. The molecular formula is C24H29N5O4. The Bertz CT molecular complexity index is 1280. The van der Waals surface area contributed by atoms with Gasteiger partial charge >= 0.3 is 0 Å². The first-order valence-electron chi connectivity index (χ1n) is 10.6. The lowest BCUT2D eigenvalue weighted by Crippen LogP contribution is -2.38. The third kappa shape index (κ3) is 4.62.